The second-order valence-corrected chi connectivity index (χ2v) is 3.78. The minimum Gasteiger partial charge on any atom is -0.516 e. The molecule has 5 nitrogen and oxygen atoms in total. The molecule has 0 spiro atoms. The van der Waals surface area contributed by atoms with E-state index in [-0.39, 0.29) is 12.8 Å². The van der Waals surface area contributed by atoms with Crippen molar-refractivity contribution in [2.75, 3.05) is 12.8 Å². The summed E-state index contributed by atoms with van der Waals surface area (Å²) in [5, 5.41) is 16.3. The maximum Gasteiger partial charge on any atom is 0.332 e. The van der Waals surface area contributed by atoms with Gasteiger partial charge in [-0.15, -0.1) is 0 Å². The van der Waals surface area contributed by atoms with Crippen molar-refractivity contribution in [3.8, 4) is 0 Å². The van der Waals surface area contributed by atoms with Gasteiger partial charge in [0, 0.05) is 0 Å². The van der Waals surface area contributed by atoms with E-state index in [4.69, 9.17) is 15.1 Å². The maximum absolute atomic E-state index is 10.9. The third-order valence-corrected chi connectivity index (χ3v) is 2.14. The SMILES string of the molecule is O=P(O)(CC=CO)OCC=CO. The van der Waals surface area contributed by atoms with E-state index in [2.05, 4.69) is 4.52 Å². The maximum atomic E-state index is 10.9. The number of hydrogen-bond donors (Lipinski definition) is 3. The molecule has 1 atom stereocenters. The Labute approximate surface area is 70.1 Å². The lowest BCUT2D eigenvalue weighted by molar-refractivity contribution is 0.287. The van der Waals surface area contributed by atoms with Gasteiger partial charge in [0.15, 0.2) is 0 Å². The second kappa shape index (κ2) is 5.83. The summed E-state index contributed by atoms with van der Waals surface area (Å²) in [5.74, 6) is 0. The molecule has 1 unspecified atom stereocenters. The molecule has 0 heterocycles. The van der Waals surface area contributed by atoms with Crippen LogP contribution in [-0.2, 0) is 9.09 Å². The Morgan fingerprint density at radius 3 is 2.33 bits per heavy atom. The summed E-state index contributed by atoms with van der Waals surface area (Å²) in [5.41, 5.74) is 0. The molecule has 0 saturated heterocycles. The topological polar surface area (TPSA) is 87.0 Å². The lowest BCUT2D eigenvalue weighted by Gasteiger charge is -2.06. The zero-order valence-electron chi connectivity index (χ0n) is 6.33. The second-order valence-electron chi connectivity index (χ2n) is 1.89. The molecule has 0 rings (SSSR count). The van der Waals surface area contributed by atoms with Crippen LogP contribution in [0.15, 0.2) is 24.7 Å². The molecule has 0 aliphatic carbocycles. The molecule has 70 valence electrons. The summed E-state index contributed by atoms with van der Waals surface area (Å²) in [6.45, 7) is -0.135. The molecule has 0 amide bonds. The normalized spacial score (nSPS) is 17.1. The van der Waals surface area contributed by atoms with Crippen LogP contribution in [0.3, 0.4) is 0 Å². The fraction of sp³-hybridized carbons (Fsp3) is 0.333. The third-order valence-electron chi connectivity index (χ3n) is 0.919. The Kier molecular flexibility index (Phi) is 5.45. The molecule has 0 saturated carbocycles. The number of rotatable bonds is 5. The molecule has 0 fully saturated rings. The van der Waals surface area contributed by atoms with Gasteiger partial charge < -0.3 is 19.6 Å². The highest BCUT2D eigenvalue weighted by Gasteiger charge is 2.15. The quantitative estimate of drug-likeness (QED) is 0.454. The molecule has 0 aliphatic rings. The van der Waals surface area contributed by atoms with Crippen molar-refractivity contribution in [1.29, 1.82) is 0 Å². The molecule has 6 heteroatoms. The first-order chi connectivity index (χ1) is 5.62. The highest BCUT2D eigenvalue weighted by atomic mass is 31.2. The van der Waals surface area contributed by atoms with Crippen LogP contribution in [-0.4, -0.2) is 27.9 Å². The van der Waals surface area contributed by atoms with Gasteiger partial charge in [0.1, 0.15) is 0 Å². The number of aliphatic hydroxyl groups is 2. The monoisotopic (exact) mass is 194 g/mol. The van der Waals surface area contributed by atoms with E-state index < -0.39 is 7.60 Å². The van der Waals surface area contributed by atoms with Crippen molar-refractivity contribution in [2.45, 2.75) is 0 Å². The van der Waals surface area contributed by atoms with Crippen LogP contribution < -0.4 is 0 Å². The van der Waals surface area contributed by atoms with Gasteiger partial charge in [-0.1, -0.05) is 0 Å². The van der Waals surface area contributed by atoms with E-state index in [1.54, 1.807) is 0 Å². The van der Waals surface area contributed by atoms with Gasteiger partial charge in [-0.25, -0.2) is 0 Å². The van der Waals surface area contributed by atoms with E-state index >= 15 is 0 Å². The summed E-state index contributed by atoms with van der Waals surface area (Å²) in [6, 6.07) is 0. The summed E-state index contributed by atoms with van der Waals surface area (Å²) < 4.78 is 15.4. The fourth-order valence-corrected chi connectivity index (χ4v) is 1.22. The standard InChI is InChI=1S/C6H11O5P/c7-3-1-5-11-12(9,10)6-2-4-8/h1-4,7-8H,5-6H2,(H,9,10). The van der Waals surface area contributed by atoms with E-state index in [1.165, 1.54) is 6.08 Å². The first kappa shape index (κ1) is 11.2. The molecular weight excluding hydrogens is 183 g/mol. The van der Waals surface area contributed by atoms with Gasteiger partial charge in [-0.05, 0) is 12.2 Å². The lowest BCUT2D eigenvalue weighted by Crippen LogP contribution is -1.92. The Balaban J connectivity index is 3.79. The largest absolute Gasteiger partial charge is 0.516 e. The Bertz CT molecular complexity index is 210. The van der Waals surface area contributed by atoms with Gasteiger partial charge >= 0.3 is 7.60 Å². The molecule has 0 bridgehead atoms. The number of allylic oxidation sites excluding steroid dienone is 1. The Morgan fingerprint density at radius 1 is 1.25 bits per heavy atom. The molecule has 12 heavy (non-hydrogen) atoms. The smallest absolute Gasteiger partial charge is 0.332 e. The Morgan fingerprint density at radius 2 is 1.83 bits per heavy atom. The zero-order valence-corrected chi connectivity index (χ0v) is 7.22. The van der Waals surface area contributed by atoms with Gasteiger partial charge in [0.2, 0.25) is 0 Å². The minimum absolute atomic E-state index is 0.135. The average Bonchev–Trinajstić information content (AvgIpc) is 2.01. The van der Waals surface area contributed by atoms with Crippen molar-refractivity contribution in [3.05, 3.63) is 24.7 Å². The average molecular weight is 194 g/mol. The number of hydrogen-bond acceptors (Lipinski definition) is 4. The van der Waals surface area contributed by atoms with Crippen LogP contribution >= 0.6 is 7.60 Å². The highest BCUT2D eigenvalue weighted by molar-refractivity contribution is 7.53. The first-order valence-electron chi connectivity index (χ1n) is 3.17. The van der Waals surface area contributed by atoms with Crippen molar-refractivity contribution in [2.24, 2.45) is 0 Å². The molecule has 0 radical (unpaired) electrons. The molecule has 0 aromatic heterocycles. The molecule has 0 aromatic rings. The van der Waals surface area contributed by atoms with E-state index in [1.807, 2.05) is 0 Å². The van der Waals surface area contributed by atoms with E-state index in [0.717, 1.165) is 12.3 Å². The molecule has 0 aliphatic heterocycles. The van der Waals surface area contributed by atoms with Gasteiger partial charge in [-0.3, -0.25) is 4.57 Å². The van der Waals surface area contributed by atoms with Crippen molar-refractivity contribution < 1.29 is 24.2 Å². The summed E-state index contributed by atoms with van der Waals surface area (Å²) in [4.78, 5) is 8.93. The van der Waals surface area contributed by atoms with E-state index in [9.17, 15) is 4.57 Å². The minimum atomic E-state index is -3.65. The highest BCUT2D eigenvalue weighted by Crippen LogP contribution is 2.41. The van der Waals surface area contributed by atoms with Gasteiger partial charge in [-0.2, -0.15) is 0 Å². The van der Waals surface area contributed by atoms with Crippen LogP contribution in [0.2, 0.25) is 0 Å². The lowest BCUT2D eigenvalue weighted by atomic mass is 10.7. The third kappa shape index (κ3) is 5.97. The van der Waals surface area contributed by atoms with Crippen LogP contribution in [0.25, 0.3) is 0 Å². The van der Waals surface area contributed by atoms with Gasteiger partial charge in [0.05, 0.1) is 25.3 Å². The predicted molar refractivity (Wildman–Crippen MR) is 44.2 cm³/mol. The van der Waals surface area contributed by atoms with Gasteiger partial charge in [0.25, 0.3) is 0 Å². The summed E-state index contributed by atoms with van der Waals surface area (Å²) >= 11 is 0. The summed E-state index contributed by atoms with van der Waals surface area (Å²) in [7, 11) is -3.65. The van der Waals surface area contributed by atoms with Crippen LogP contribution in [0.4, 0.5) is 0 Å². The van der Waals surface area contributed by atoms with Crippen molar-refractivity contribution in [3.63, 3.8) is 0 Å². The zero-order chi connectivity index (χ0) is 9.45. The van der Waals surface area contributed by atoms with Crippen molar-refractivity contribution in [1.82, 2.24) is 0 Å². The van der Waals surface area contributed by atoms with E-state index in [0.29, 0.717) is 6.26 Å². The van der Waals surface area contributed by atoms with Crippen LogP contribution in [0.1, 0.15) is 0 Å². The molecule has 3 N–H and O–H groups in total. The first-order valence-corrected chi connectivity index (χ1v) is 4.93. The number of aliphatic hydroxyl groups excluding tert-OH is 2. The van der Waals surface area contributed by atoms with Crippen molar-refractivity contribution >= 4 is 7.60 Å². The molecular formula is C6H11O5P. The van der Waals surface area contributed by atoms with Crippen LogP contribution in [0, 0.1) is 0 Å². The van der Waals surface area contributed by atoms with Crippen LogP contribution in [0.5, 0.6) is 0 Å². The molecule has 0 aromatic carbocycles. The summed E-state index contributed by atoms with van der Waals surface area (Å²) in [6.07, 6.45) is 3.45. The Hall–Kier alpha value is -0.770. The fourth-order valence-electron chi connectivity index (χ4n) is 0.436. The predicted octanol–water partition coefficient (Wildman–Crippen LogP) is 1.33.